The van der Waals surface area contributed by atoms with Crippen LogP contribution in [0.3, 0.4) is 0 Å². The predicted octanol–water partition coefficient (Wildman–Crippen LogP) is 4.45. The number of nitrogens with one attached hydrogen (secondary N) is 1. The first kappa shape index (κ1) is 15.1. The Hall–Kier alpha value is -2.42. The standard InChI is InChI=1S/C21H22N2O/c1-4-19-16-10-9-15(11-20(16)23-22-19)18-12-21(18,14(3)24)17-8-6-5-7-13(17)2/h5-11,18H,4,12H2,1-3H3,(H,22,23). The molecule has 1 fully saturated rings. The molecule has 0 radical (unpaired) electrons. The van der Waals surface area contributed by atoms with Crippen LogP contribution < -0.4 is 0 Å². The number of hydrogen-bond acceptors (Lipinski definition) is 2. The third-order valence-electron chi connectivity index (χ3n) is 5.63. The van der Waals surface area contributed by atoms with Crippen LogP contribution in [0.25, 0.3) is 10.9 Å². The van der Waals surface area contributed by atoms with E-state index >= 15 is 0 Å². The van der Waals surface area contributed by atoms with Gasteiger partial charge in [0.15, 0.2) is 0 Å². The molecule has 1 aromatic heterocycles. The third kappa shape index (κ3) is 2.04. The number of aromatic amines is 1. The first-order valence-corrected chi connectivity index (χ1v) is 8.62. The van der Waals surface area contributed by atoms with Crippen LogP contribution in [0.5, 0.6) is 0 Å². The maximum Gasteiger partial charge on any atom is 0.140 e. The molecule has 1 saturated carbocycles. The van der Waals surface area contributed by atoms with E-state index < -0.39 is 0 Å². The number of Topliss-reactive ketones (excluding diaryl/α,β-unsaturated/α-hetero) is 1. The van der Waals surface area contributed by atoms with Gasteiger partial charge in [0.2, 0.25) is 0 Å². The van der Waals surface area contributed by atoms with Crippen LogP contribution in [0.4, 0.5) is 0 Å². The third-order valence-corrected chi connectivity index (χ3v) is 5.63. The summed E-state index contributed by atoms with van der Waals surface area (Å²) in [7, 11) is 0. The molecule has 0 amide bonds. The molecule has 0 aliphatic heterocycles. The van der Waals surface area contributed by atoms with Gasteiger partial charge >= 0.3 is 0 Å². The number of ketones is 1. The number of hydrogen-bond donors (Lipinski definition) is 1. The SMILES string of the molecule is CCc1[nH]nc2cc(C3CC3(C(C)=O)c3ccccc3C)ccc12. The Balaban J connectivity index is 1.78. The Morgan fingerprint density at radius 1 is 1.29 bits per heavy atom. The van der Waals surface area contributed by atoms with E-state index in [1.165, 1.54) is 27.8 Å². The van der Waals surface area contributed by atoms with Gasteiger partial charge in [-0.2, -0.15) is 5.10 Å². The van der Waals surface area contributed by atoms with Gasteiger partial charge in [-0.3, -0.25) is 9.89 Å². The molecule has 1 aliphatic carbocycles. The van der Waals surface area contributed by atoms with E-state index in [0.29, 0.717) is 0 Å². The Kier molecular flexibility index (Phi) is 3.34. The molecule has 1 aliphatic rings. The van der Waals surface area contributed by atoms with E-state index in [0.717, 1.165) is 18.4 Å². The number of aryl methyl sites for hydroxylation is 2. The highest BCUT2D eigenvalue weighted by Gasteiger charge is 2.60. The fourth-order valence-corrected chi connectivity index (χ4v) is 4.19. The molecule has 2 unspecified atom stereocenters. The number of rotatable bonds is 4. The van der Waals surface area contributed by atoms with Gasteiger partial charge in [0.25, 0.3) is 0 Å². The van der Waals surface area contributed by atoms with E-state index in [1.807, 2.05) is 12.1 Å². The van der Waals surface area contributed by atoms with Gasteiger partial charge < -0.3 is 0 Å². The maximum absolute atomic E-state index is 12.6. The van der Waals surface area contributed by atoms with Crippen LogP contribution in [0.15, 0.2) is 42.5 Å². The molecular formula is C21H22N2O. The first-order valence-electron chi connectivity index (χ1n) is 8.62. The molecule has 122 valence electrons. The Morgan fingerprint density at radius 2 is 2.08 bits per heavy atom. The molecule has 0 saturated heterocycles. The van der Waals surface area contributed by atoms with E-state index in [-0.39, 0.29) is 17.1 Å². The molecule has 1 heterocycles. The van der Waals surface area contributed by atoms with E-state index in [2.05, 4.69) is 54.4 Å². The highest BCUT2D eigenvalue weighted by molar-refractivity contribution is 5.94. The molecule has 3 heteroatoms. The Morgan fingerprint density at radius 3 is 2.79 bits per heavy atom. The topological polar surface area (TPSA) is 45.8 Å². The predicted molar refractivity (Wildman–Crippen MR) is 96.4 cm³/mol. The second kappa shape index (κ2) is 5.30. The van der Waals surface area contributed by atoms with Crippen molar-refractivity contribution in [1.82, 2.24) is 10.2 Å². The zero-order valence-electron chi connectivity index (χ0n) is 14.4. The summed E-state index contributed by atoms with van der Waals surface area (Å²) in [5, 5.41) is 8.74. The Labute approximate surface area is 142 Å². The lowest BCUT2D eigenvalue weighted by Gasteiger charge is -2.17. The molecule has 3 aromatic rings. The Bertz CT molecular complexity index is 940. The largest absolute Gasteiger partial charge is 0.299 e. The smallest absolute Gasteiger partial charge is 0.140 e. The number of H-pyrrole nitrogens is 1. The lowest BCUT2D eigenvalue weighted by atomic mass is 9.85. The van der Waals surface area contributed by atoms with Crippen LogP contribution in [0.1, 0.15) is 48.6 Å². The summed E-state index contributed by atoms with van der Waals surface area (Å²) in [6, 6.07) is 14.7. The lowest BCUT2D eigenvalue weighted by Crippen LogP contribution is -2.20. The highest BCUT2D eigenvalue weighted by Crippen LogP contribution is 2.61. The van der Waals surface area contributed by atoms with Crippen LogP contribution in [0.2, 0.25) is 0 Å². The number of aromatic nitrogens is 2. The second-order valence-corrected chi connectivity index (χ2v) is 6.93. The average Bonchev–Trinajstić information content (AvgIpc) is 3.21. The van der Waals surface area contributed by atoms with Crippen LogP contribution in [-0.2, 0) is 16.6 Å². The first-order chi connectivity index (χ1) is 11.6. The van der Waals surface area contributed by atoms with Crippen molar-refractivity contribution in [3.63, 3.8) is 0 Å². The molecule has 3 nitrogen and oxygen atoms in total. The number of carbonyl (C=O) groups is 1. The lowest BCUT2D eigenvalue weighted by molar-refractivity contribution is -0.119. The normalized spacial score (nSPS) is 22.7. The minimum absolute atomic E-state index is 0.252. The quantitative estimate of drug-likeness (QED) is 0.772. The van der Waals surface area contributed by atoms with Crippen molar-refractivity contribution in [3.05, 3.63) is 64.8 Å². The summed E-state index contributed by atoms with van der Waals surface area (Å²) in [6.45, 7) is 5.95. The van der Waals surface area contributed by atoms with Gasteiger partial charge in [0.1, 0.15) is 5.78 Å². The van der Waals surface area contributed by atoms with Crippen molar-refractivity contribution in [2.24, 2.45) is 0 Å². The summed E-state index contributed by atoms with van der Waals surface area (Å²) in [4.78, 5) is 12.6. The van der Waals surface area contributed by atoms with Gasteiger partial charge in [0.05, 0.1) is 10.9 Å². The van der Waals surface area contributed by atoms with E-state index in [4.69, 9.17) is 0 Å². The summed E-state index contributed by atoms with van der Waals surface area (Å²) >= 11 is 0. The van der Waals surface area contributed by atoms with Crippen LogP contribution >= 0.6 is 0 Å². The van der Waals surface area contributed by atoms with Gasteiger partial charge in [0, 0.05) is 17.0 Å². The number of nitrogens with zero attached hydrogens (tertiary/aromatic N) is 1. The number of carbonyl (C=O) groups excluding carboxylic acids is 1. The van der Waals surface area contributed by atoms with Gasteiger partial charge in [-0.15, -0.1) is 0 Å². The molecule has 0 spiro atoms. The van der Waals surface area contributed by atoms with Crippen molar-refractivity contribution >= 4 is 16.7 Å². The van der Waals surface area contributed by atoms with E-state index in [9.17, 15) is 4.79 Å². The number of fused-ring (bicyclic) bond motifs is 1. The molecule has 2 aromatic carbocycles. The monoisotopic (exact) mass is 318 g/mol. The minimum Gasteiger partial charge on any atom is -0.299 e. The molecule has 1 N–H and O–H groups in total. The minimum atomic E-state index is -0.358. The van der Waals surface area contributed by atoms with Crippen molar-refractivity contribution < 1.29 is 4.79 Å². The van der Waals surface area contributed by atoms with Gasteiger partial charge in [-0.1, -0.05) is 43.3 Å². The maximum atomic E-state index is 12.6. The molecule has 24 heavy (non-hydrogen) atoms. The summed E-state index contributed by atoms with van der Waals surface area (Å²) in [5.74, 6) is 0.514. The zero-order valence-corrected chi connectivity index (χ0v) is 14.4. The fourth-order valence-electron chi connectivity index (χ4n) is 4.19. The van der Waals surface area contributed by atoms with Crippen molar-refractivity contribution in [2.75, 3.05) is 0 Å². The summed E-state index contributed by atoms with van der Waals surface area (Å²) < 4.78 is 0. The van der Waals surface area contributed by atoms with Gasteiger partial charge in [-0.05, 0) is 49.4 Å². The van der Waals surface area contributed by atoms with Crippen molar-refractivity contribution in [2.45, 2.75) is 44.9 Å². The molecule has 4 rings (SSSR count). The summed E-state index contributed by atoms with van der Waals surface area (Å²) in [6.07, 6.45) is 1.84. The van der Waals surface area contributed by atoms with E-state index in [1.54, 1.807) is 6.92 Å². The average molecular weight is 318 g/mol. The van der Waals surface area contributed by atoms with Crippen LogP contribution in [-0.4, -0.2) is 16.0 Å². The van der Waals surface area contributed by atoms with Crippen molar-refractivity contribution in [3.8, 4) is 0 Å². The van der Waals surface area contributed by atoms with Gasteiger partial charge in [-0.25, -0.2) is 0 Å². The highest BCUT2D eigenvalue weighted by atomic mass is 16.1. The fraction of sp³-hybridized carbons (Fsp3) is 0.333. The zero-order chi connectivity index (χ0) is 16.9. The second-order valence-electron chi connectivity index (χ2n) is 6.93. The number of benzene rings is 2. The summed E-state index contributed by atoms with van der Waals surface area (Å²) in [5.41, 5.74) is 5.41. The van der Waals surface area contributed by atoms with Crippen molar-refractivity contribution in [1.29, 1.82) is 0 Å². The molecule has 2 atom stereocenters. The molecule has 0 bridgehead atoms. The molecular weight excluding hydrogens is 296 g/mol. The van der Waals surface area contributed by atoms with Crippen LogP contribution in [0, 0.1) is 6.92 Å².